The van der Waals surface area contributed by atoms with Crippen LogP contribution in [-0.4, -0.2) is 126 Å². The van der Waals surface area contributed by atoms with Gasteiger partial charge in [-0.05, 0) is 120 Å². The van der Waals surface area contributed by atoms with Crippen molar-refractivity contribution in [1.29, 1.82) is 0 Å². The van der Waals surface area contributed by atoms with E-state index in [-0.39, 0.29) is 111 Å². The lowest BCUT2D eigenvalue weighted by molar-refractivity contribution is -0.141. The van der Waals surface area contributed by atoms with E-state index in [1.54, 1.807) is 18.2 Å². The third-order valence-corrected chi connectivity index (χ3v) is 23.0. The van der Waals surface area contributed by atoms with Gasteiger partial charge in [0.25, 0.3) is 36.0 Å². The number of carboxylic acid groups (broad SMARTS) is 3. The Morgan fingerprint density at radius 3 is 1.13 bits per heavy atom. The van der Waals surface area contributed by atoms with Crippen LogP contribution in [0, 0.1) is 29.3 Å². The normalized spacial score (nSPS) is 11.8. The number of halogens is 9. The first-order chi connectivity index (χ1) is 54.9. The number of ether oxygens (including phenoxy) is 3. The molecular formula is C70H48Cl6F3N13O18S6. The van der Waals surface area contributed by atoms with E-state index >= 15 is 0 Å². The number of nitrogens with one attached hydrogen (secondary N) is 4. The smallest absolute Gasteiger partial charge is 0.322 e. The number of Topliss-reactive ketones (excluding diaryl/α,β-unsaturated/α-hetero) is 2. The molecule has 0 saturated heterocycles. The number of amides is 1. The molecule has 0 aliphatic carbocycles. The Kier molecular flexibility index (Phi) is 28.6. The van der Waals surface area contributed by atoms with Gasteiger partial charge in [0.1, 0.15) is 109 Å². The van der Waals surface area contributed by atoms with Crippen molar-refractivity contribution >= 4 is 185 Å². The van der Waals surface area contributed by atoms with Gasteiger partial charge < -0.3 is 34.8 Å². The quantitative estimate of drug-likeness (QED) is 0.0214. The number of hydrogen-bond donors (Lipinski definition) is 7. The molecule has 0 radical (unpaired) electrons. The van der Waals surface area contributed by atoms with E-state index in [1.165, 1.54) is 105 Å². The summed E-state index contributed by atoms with van der Waals surface area (Å²) in [5, 5.41) is 29.3. The van der Waals surface area contributed by atoms with Crippen LogP contribution >= 0.6 is 104 Å². The minimum absolute atomic E-state index is 0.0353. The Bertz CT molecular complexity index is 5900. The zero-order chi connectivity index (χ0) is 84.1. The minimum Gasteiger partial charge on any atom is -0.481 e. The summed E-state index contributed by atoms with van der Waals surface area (Å²) in [6.07, 6.45) is 5.67. The van der Waals surface area contributed by atoms with E-state index < -0.39 is 116 Å². The number of pyridine rings is 3. The van der Waals surface area contributed by atoms with Crippen LogP contribution in [0.15, 0.2) is 180 Å². The molecule has 116 heavy (non-hydrogen) atoms. The molecule has 0 aliphatic heterocycles. The minimum atomic E-state index is -4.37. The lowest BCUT2D eigenvalue weighted by atomic mass is 10.00. The van der Waals surface area contributed by atoms with E-state index in [0.717, 1.165) is 90.0 Å². The molecule has 0 saturated carbocycles. The van der Waals surface area contributed by atoms with Crippen molar-refractivity contribution in [3.63, 3.8) is 0 Å². The first kappa shape index (κ1) is 87.2. The zero-order valence-electron chi connectivity index (χ0n) is 58.2. The molecule has 31 nitrogen and oxygen atoms in total. The van der Waals surface area contributed by atoms with Gasteiger partial charge in [0, 0.05) is 110 Å². The fraction of sp³-hybridized carbons (Fsp3) is 0.100. The number of carbonyl (C=O) groups is 6. The van der Waals surface area contributed by atoms with E-state index in [0.29, 0.717) is 32.3 Å². The highest BCUT2D eigenvalue weighted by molar-refractivity contribution is 7.93. The Morgan fingerprint density at radius 1 is 0.440 bits per heavy atom. The monoisotopic (exact) mass is 1820 g/mol. The maximum absolute atomic E-state index is 14.9. The second-order valence-corrected chi connectivity index (χ2v) is 33.3. The van der Waals surface area contributed by atoms with Crippen molar-refractivity contribution in [2.75, 3.05) is 20.7 Å². The van der Waals surface area contributed by atoms with E-state index in [1.807, 2.05) is 0 Å². The first-order valence-electron chi connectivity index (χ1n) is 32.1. The maximum Gasteiger partial charge on any atom is 0.322 e. The number of sulfonamides is 3. The number of rotatable bonds is 29. The number of hydrogen-bond acceptors (Lipinski definition) is 27. The number of benzene rings is 6. The summed E-state index contributed by atoms with van der Waals surface area (Å²) in [6.45, 7) is 2.24. The van der Waals surface area contributed by atoms with Crippen molar-refractivity contribution in [2.24, 2.45) is 11.8 Å². The predicted molar refractivity (Wildman–Crippen MR) is 422 cm³/mol. The molecular weight excluding hydrogens is 1770 g/mol. The van der Waals surface area contributed by atoms with Gasteiger partial charge in [0.2, 0.25) is 15.4 Å². The number of aliphatic carboxylic acids is 3. The molecule has 2 atom stereocenters. The highest BCUT2D eigenvalue weighted by Gasteiger charge is 2.30. The summed E-state index contributed by atoms with van der Waals surface area (Å²) in [5.41, 5.74) is 2.18. The molecule has 0 spiro atoms. The van der Waals surface area contributed by atoms with Crippen molar-refractivity contribution in [1.82, 2.24) is 48.3 Å². The summed E-state index contributed by atoms with van der Waals surface area (Å²) in [7, 11) is -13.1. The fourth-order valence-electron chi connectivity index (χ4n) is 9.73. The molecule has 1 unspecified atom stereocenters. The highest BCUT2D eigenvalue weighted by atomic mass is 35.5. The molecule has 12 rings (SSSR count). The summed E-state index contributed by atoms with van der Waals surface area (Å²) in [4.78, 5) is 91.7. The van der Waals surface area contributed by atoms with Crippen molar-refractivity contribution in [3.8, 4) is 68.0 Å². The highest BCUT2D eigenvalue weighted by Crippen LogP contribution is 2.44. The number of carbonyl (C=O) groups excluding carboxylic acids is 3. The van der Waals surface area contributed by atoms with Crippen LogP contribution in [-0.2, 0) is 44.5 Å². The van der Waals surface area contributed by atoms with Crippen LogP contribution in [0.1, 0.15) is 58.2 Å². The van der Waals surface area contributed by atoms with Crippen molar-refractivity contribution < 1.29 is 96.7 Å². The molecule has 0 aliphatic rings. The fourth-order valence-corrected chi connectivity index (χ4v) is 16.3. The predicted octanol–water partition coefficient (Wildman–Crippen LogP) is 16.3. The molecule has 0 fully saturated rings. The topological polar surface area (TPSA) is 457 Å². The Balaban J connectivity index is 0.000000184. The Morgan fingerprint density at radius 2 is 0.793 bits per heavy atom. The van der Waals surface area contributed by atoms with Crippen LogP contribution < -0.4 is 33.7 Å². The summed E-state index contributed by atoms with van der Waals surface area (Å²) in [5.74, 6) is -10.5. The van der Waals surface area contributed by atoms with E-state index in [4.69, 9.17) is 99.1 Å². The lowest BCUT2D eigenvalue weighted by Crippen LogP contribution is -2.29. The summed E-state index contributed by atoms with van der Waals surface area (Å²) >= 11 is 39.6. The largest absolute Gasteiger partial charge is 0.481 e. The molecule has 12 aromatic rings. The van der Waals surface area contributed by atoms with Gasteiger partial charge in [-0.2, -0.15) is 13.1 Å². The SMILES string of the molecule is CC(CC(=O)c1cc(-c2cc(Cl)ccc2Oc2cc(F)c(S(=O)(=O)Nc3ncns3)cc2Cl)ccn1)C(=O)O.C[C@@H](CC(=O)c1cc(-c2cc(Cl)ccc2Oc2cc(F)c(S(=O)(=O)Nc3ncns3)cc2Cl)ccn1)C(=O)O.O=C(O)CNC(=O)c1cccc(-c2cc(Cl)ccc2Oc2cc(F)c(S(=O)(=O)Nc3ncns3)cc2Cl)n1. The zero-order valence-corrected chi connectivity index (χ0v) is 67.6. The number of aromatic nitrogens is 9. The first-order valence-corrected chi connectivity index (χ1v) is 41.2. The number of nitrogens with zero attached hydrogens (tertiary/aromatic N) is 9. The van der Waals surface area contributed by atoms with Gasteiger partial charge in [-0.1, -0.05) is 89.5 Å². The summed E-state index contributed by atoms with van der Waals surface area (Å²) < 4.78 is 155. The molecule has 7 N–H and O–H groups in total. The molecule has 0 bridgehead atoms. The van der Waals surface area contributed by atoms with Crippen LogP contribution in [0.5, 0.6) is 34.5 Å². The third-order valence-electron chi connectivity index (χ3n) is 15.3. The van der Waals surface area contributed by atoms with E-state index in [2.05, 4.69) is 62.5 Å². The van der Waals surface area contributed by atoms with Gasteiger partial charge in [0.15, 0.2) is 11.6 Å². The molecule has 46 heteroatoms. The molecule has 6 aromatic carbocycles. The van der Waals surface area contributed by atoms with Gasteiger partial charge >= 0.3 is 17.9 Å². The Labute approximate surface area is 696 Å². The average molecular weight is 1820 g/mol. The van der Waals surface area contributed by atoms with Gasteiger partial charge in [0.05, 0.1) is 32.6 Å². The van der Waals surface area contributed by atoms with Crippen molar-refractivity contribution in [2.45, 2.75) is 41.4 Å². The van der Waals surface area contributed by atoms with Gasteiger partial charge in [-0.15, -0.1) is 0 Å². The molecule has 1 amide bonds. The number of carboxylic acids is 3. The maximum atomic E-state index is 14.9. The standard InChI is InChI=1S/2C24H17Cl2FN4O6S2.C22H14Cl2FN5O6S2/c2*1-12(23(33)34)6-19(32)18-7-13(4-5-28-18)15-8-14(25)2-3-20(15)37-21-10-17(27)22(9-16(21)26)39(35,36)31-24-29-11-30-38-24;23-11-4-5-17(12(6-11)15-2-1-3-16(29-15)21(33)26-9-20(31)32)36-18-8-14(25)19(7-13(18)24)38(34,35)30-22-27-10-28-37-22/h2*2-5,7-12H,6H2,1H3,(H,33,34)(H,29,30,31);1-8,10H,9H2,(H,26,33)(H,31,32)(H,27,28,30)/t12-;;/m0../s1. The number of anilines is 3. The molecule has 600 valence electrons. The van der Waals surface area contributed by atoms with E-state index in [9.17, 15) is 67.2 Å². The average Bonchev–Trinajstić information content (AvgIpc) is 1.30. The number of ketones is 2. The molecule has 6 aromatic heterocycles. The van der Waals surface area contributed by atoms with Gasteiger partial charge in [-0.3, -0.25) is 52.9 Å². The summed E-state index contributed by atoms with van der Waals surface area (Å²) in [6, 6.07) is 29.1. The Hall–Kier alpha value is -11.2. The second-order valence-electron chi connectivity index (χ2n) is 23.5. The molecule has 6 heterocycles. The lowest BCUT2D eigenvalue weighted by Gasteiger charge is -2.15. The third kappa shape index (κ3) is 22.7. The van der Waals surface area contributed by atoms with Crippen LogP contribution in [0.3, 0.4) is 0 Å². The van der Waals surface area contributed by atoms with Crippen LogP contribution in [0.4, 0.5) is 28.6 Å². The van der Waals surface area contributed by atoms with Crippen molar-refractivity contribution in [3.05, 3.63) is 230 Å². The second kappa shape index (κ2) is 38.1. The van der Waals surface area contributed by atoms with Crippen LogP contribution in [0.2, 0.25) is 30.1 Å². The van der Waals surface area contributed by atoms with Crippen LogP contribution in [0.25, 0.3) is 33.5 Å². The van der Waals surface area contributed by atoms with Gasteiger partial charge in [-0.25, -0.2) is 58.4 Å².